The third kappa shape index (κ3) is 3.79. The fourth-order valence-corrected chi connectivity index (χ4v) is 4.52. The number of carbonyl (C=O) groups is 2. The Morgan fingerprint density at radius 2 is 2.07 bits per heavy atom. The molecule has 2 aromatic rings. The minimum atomic E-state index is -4.59. The first-order valence-corrected chi connectivity index (χ1v) is 10.1. The van der Waals surface area contributed by atoms with E-state index in [2.05, 4.69) is 10.3 Å². The third-order valence-electron chi connectivity index (χ3n) is 5.00. The van der Waals surface area contributed by atoms with Gasteiger partial charge in [0.05, 0.1) is 36.5 Å². The van der Waals surface area contributed by atoms with Gasteiger partial charge in [-0.25, -0.2) is 9.78 Å². The zero-order valence-corrected chi connectivity index (χ0v) is 16.8. The molecule has 1 unspecified atom stereocenters. The van der Waals surface area contributed by atoms with E-state index in [1.807, 2.05) is 0 Å². The van der Waals surface area contributed by atoms with Crippen LogP contribution in [0.15, 0.2) is 41.7 Å². The standard InChI is InChI=1S/C20H18F3N3O3S/c1-2-29-19(28)16-8-24-17(30-16)14-7-11-9-26(10-15(11)25-14)18(27)12-5-3-4-6-13(12)20(21,22)23/h3-6,8,14,25H,2,7,9-10H2,1H3. The van der Waals surface area contributed by atoms with Crippen LogP contribution in [0.1, 0.15) is 50.0 Å². The minimum Gasteiger partial charge on any atom is -0.462 e. The molecule has 10 heteroatoms. The Morgan fingerprint density at radius 1 is 1.30 bits per heavy atom. The molecule has 2 aliphatic rings. The quantitative estimate of drug-likeness (QED) is 0.737. The highest BCUT2D eigenvalue weighted by Crippen LogP contribution is 2.37. The van der Waals surface area contributed by atoms with Gasteiger partial charge >= 0.3 is 12.1 Å². The van der Waals surface area contributed by atoms with Crippen molar-refractivity contribution in [1.82, 2.24) is 15.2 Å². The summed E-state index contributed by atoms with van der Waals surface area (Å²) in [6.45, 7) is 2.49. The number of hydrogen-bond donors (Lipinski definition) is 1. The molecule has 1 aromatic heterocycles. The van der Waals surface area contributed by atoms with E-state index in [1.165, 1.54) is 40.6 Å². The van der Waals surface area contributed by atoms with Crippen LogP contribution in [0.5, 0.6) is 0 Å². The Hall–Kier alpha value is -2.88. The molecule has 0 fully saturated rings. The van der Waals surface area contributed by atoms with Crippen molar-refractivity contribution in [1.29, 1.82) is 0 Å². The van der Waals surface area contributed by atoms with Gasteiger partial charge in [0.1, 0.15) is 9.88 Å². The Morgan fingerprint density at radius 3 is 2.77 bits per heavy atom. The molecule has 1 atom stereocenters. The van der Waals surface area contributed by atoms with Crippen LogP contribution >= 0.6 is 11.3 Å². The van der Waals surface area contributed by atoms with Gasteiger partial charge in [-0.05, 0) is 31.1 Å². The van der Waals surface area contributed by atoms with Gasteiger partial charge in [0, 0.05) is 12.2 Å². The molecule has 0 saturated heterocycles. The van der Waals surface area contributed by atoms with Crippen molar-refractivity contribution in [2.45, 2.75) is 25.6 Å². The van der Waals surface area contributed by atoms with Crippen molar-refractivity contribution in [3.63, 3.8) is 0 Å². The van der Waals surface area contributed by atoms with Gasteiger partial charge < -0.3 is 15.0 Å². The highest BCUT2D eigenvalue weighted by atomic mass is 32.1. The van der Waals surface area contributed by atoms with Gasteiger partial charge in [0.15, 0.2) is 0 Å². The third-order valence-corrected chi connectivity index (χ3v) is 6.10. The van der Waals surface area contributed by atoms with E-state index >= 15 is 0 Å². The summed E-state index contributed by atoms with van der Waals surface area (Å²) in [4.78, 5) is 30.7. The molecule has 3 heterocycles. The summed E-state index contributed by atoms with van der Waals surface area (Å²) in [6.07, 6.45) is -2.53. The number of ether oxygens (including phenoxy) is 1. The molecule has 1 amide bonds. The molecule has 6 nitrogen and oxygen atoms in total. The summed E-state index contributed by atoms with van der Waals surface area (Å²) in [5.41, 5.74) is 0.514. The number of rotatable bonds is 4. The number of halogens is 3. The molecule has 158 valence electrons. The lowest BCUT2D eigenvalue weighted by Crippen LogP contribution is -2.34. The number of thiazole rings is 1. The molecule has 4 rings (SSSR count). The number of nitrogens with zero attached hydrogens (tertiary/aromatic N) is 2. The summed E-state index contributed by atoms with van der Waals surface area (Å²) in [5, 5.41) is 4.02. The van der Waals surface area contributed by atoms with Crippen LogP contribution in [0.3, 0.4) is 0 Å². The highest BCUT2D eigenvalue weighted by molar-refractivity contribution is 7.13. The van der Waals surface area contributed by atoms with Crippen molar-refractivity contribution in [2.24, 2.45) is 0 Å². The number of aromatic nitrogens is 1. The lowest BCUT2D eigenvalue weighted by Gasteiger charge is -2.22. The first-order chi connectivity index (χ1) is 14.3. The van der Waals surface area contributed by atoms with E-state index < -0.39 is 23.6 Å². The lowest BCUT2D eigenvalue weighted by molar-refractivity contribution is -0.138. The summed E-state index contributed by atoms with van der Waals surface area (Å²) in [7, 11) is 0. The number of carbonyl (C=O) groups excluding carboxylic acids is 2. The SMILES string of the molecule is CCOC(=O)c1cnc(C2CC3=C(CN(C(=O)c4ccccc4C(F)(F)F)C3)N2)s1. The van der Waals surface area contributed by atoms with Crippen molar-refractivity contribution in [3.05, 3.63) is 62.7 Å². The summed E-state index contributed by atoms with van der Waals surface area (Å²) in [5.74, 6) is -1.06. The van der Waals surface area contributed by atoms with E-state index in [-0.39, 0.29) is 31.3 Å². The van der Waals surface area contributed by atoms with Gasteiger partial charge in [-0.15, -0.1) is 11.3 Å². The molecular weight excluding hydrogens is 419 g/mol. The summed E-state index contributed by atoms with van der Waals surface area (Å²) in [6, 6.07) is 4.70. The maximum atomic E-state index is 13.2. The van der Waals surface area contributed by atoms with Gasteiger partial charge in [-0.3, -0.25) is 4.79 Å². The molecule has 1 N–H and O–H groups in total. The van der Waals surface area contributed by atoms with E-state index in [4.69, 9.17) is 4.74 Å². The number of esters is 1. The fourth-order valence-electron chi connectivity index (χ4n) is 3.65. The van der Waals surface area contributed by atoms with Crippen LogP contribution in [-0.4, -0.2) is 41.5 Å². The Kier molecular flexibility index (Phi) is 5.27. The molecule has 30 heavy (non-hydrogen) atoms. The van der Waals surface area contributed by atoms with E-state index in [1.54, 1.807) is 6.92 Å². The van der Waals surface area contributed by atoms with Gasteiger partial charge in [0.2, 0.25) is 0 Å². The number of hydrogen-bond acceptors (Lipinski definition) is 6. The summed E-state index contributed by atoms with van der Waals surface area (Å²) < 4.78 is 44.7. The highest BCUT2D eigenvalue weighted by Gasteiger charge is 2.39. The summed E-state index contributed by atoms with van der Waals surface area (Å²) >= 11 is 1.25. The molecule has 1 aromatic carbocycles. The number of alkyl halides is 3. The first kappa shape index (κ1) is 20.4. The molecule has 0 aliphatic carbocycles. The van der Waals surface area contributed by atoms with Crippen molar-refractivity contribution >= 4 is 23.2 Å². The molecule has 0 bridgehead atoms. The maximum absolute atomic E-state index is 13.2. The number of amides is 1. The average Bonchev–Trinajstić information content (AvgIpc) is 3.41. The smallest absolute Gasteiger partial charge is 0.417 e. The van der Waals surface area contributed by atoms with Crippen LogP contribution in [0.25, 0.3) is 0 Å². The van der Waals surface area contributed by atoms with Crippen LogP contribution in [0.4, 0.5) is 13.2 Å². The van der Waals surface area contributed by atoms with Gasteiger partial charge in [-0.2, -0.15) is 13.2 Å². The van der Waals surface area contributed by atoms with Gasteiger partial charge in [0.25, 0.3) is 5.91 Å². The number of benzene rings is 1. The van der Waals surface area contributed by atoms with Crippen molar-refractivity contribution in [2.75, 3.05) is 19.7 Å². The van der Waals surface area contributed by atoms with E-state index in [0.29, 0.717) is 11.3 Å². The predicted octanol–water partition coefficient (Wildman–Crippen LogP) is 3.78. The second kappa shape index (κ2) is 7.75. The van der Waals surface area contributed by atoms with Crippen LogP contribution in [0, 0.1) is 0 Å². The number of nitrogens with one attached hydrogen (secondary N) is 1. The normalized spacial score (nSPS) is 18.4. The minimum absolute atomic E-state index is 0.122. The zero-order valence-electron chi connectivity index (χ0n) is 16.0. The second-order valence-corrected chi connectivity index (χ2v) is 8.03. The monoisotopic (exact) mass is 437 g/mol. The zero-order chi connectivity index (χ0) is 21.5. The molecule has 2 aliphatic heterocycles. The molecule has 0 spiro atoms. The van der Waals surface area contributed by atoms with Crippen molar-refractivity contribution < 1.29 is 27.5 Å². The Bertz CT molecular complexity index is 1010. The van der Waals surface area contributed by atoms with Gasteiger partial charge in [-0.1, -0.05) is 12.1 Å². The van der Waals surface area contributed by atoms with Crippen LogP contribution < -0.4 is 5.32 Å². The fraction of sp³-hybridized carbons (Fsp3) is 0.350. The first-order valence-electron chi connectivity index (χ1n) is 9.33. The van der Waals surface area contributed by atoms with Crippen molar-refractivity contribution in [3.8, 4) is 0 Å². The maximum Gasteiger partial charge on any atom is 0.417 e. The van der Waals surface area contributed by atoms with E-state index in [0.717, 1.165) is 22.3 Å². The average molecular weight is 437 g/mol. The lowest BCUT2D eigenvalue weighted by atomic mass is 10.1. The molecule has 0 saturated carbocycles. The Labute approximate surface area is 174 Å². The second-order valence-electron chi connectivity index (χ2n) is 6.97. The topological polar surface area (TPSA) is 71.5 Å². The molecular formula is C20H18F3N3O3S. The molecule has 0 radical (unpaired) electrons. The van der Waals surface area contributed by atoms with Crippen LogP contribution in [-0.2, 0) is 10.9 Å². The largest absolute Gasteiger partial charge is 0.462 e. The van der Waals surface area contributed by atoms with E-state index in [9.17, 15) is 22.8 Å². The Balaban J connectivity index is 1.42. The predicted molar refractivity (Wildman–Crippen MR) is 103 cm³/mol. The van der Waals surface area contributed by atoms with Crippen LogP contribution in [0.2, 0.25) is 0 Å².